The number of hydrogen-bond acceptors (Lipinski definition) is 6. The Morgan fingerprint density at radius 1 is 1.39 bits per heavy atom. The van der Waals surface area contributed by atoms with Gasteiger partial charge in [0.25, 0.3) is 5.19 Å². The number of piperidine rings is 1. The average molecular weight is 401 g/mol. The lowest BCUT2D eigenvalue weighted by atomic mass is 9.99. The van der Waals surface area contributed by atoms with E-state index in [-0.39, 0.29) is 6.61 Å². The molecule has 2 heterocycles. The molecule has 0 spiro atoms. The Morgan fingerprint density at radius 3 is 3.11 bits per heavy atom. The summed E-state index contributed by atoms with van der Waals surface area (Å²) in [6.07, 6.45) is 11.5. The minimum Gasteiger partial charge on any atom is -0.492 e. The van der Waals surface area contributed by atoms with Gasteiger partial charge < -0.3 is 14.6 Å². The van der Waals surface area contributed by atoms with E-state index in [1.54, 1.807) is 6.26 Å². The fraction of sp³-hybridized carbons (Fsp3) is 0.409. The predicted molar refractivity (Wildman–Crippen MR) is 114 cm³/mol. The maximum atomic E-state index is 9.34. The summed E-state index contributed by atoms with van der Waals surface area (Å²) in [7, 11) is 0. The molecule has 150 valence electrons. The number of thiazole rings is 1. The second-order valence-corrected chi connectivity index (χ2v) is 7.80. The normalized spacial score (nSPS) is 19.1. The Kier molecular flexibility index (Phi) is 8.08. The number of fused-ring (bicyclic) bond motifs is 1. The highest BCUT2D eigenvalue weighted by Crippen LogP contribution is 2.27. The van der Waals surface area contributed by atoms with Crippen molar-refractivity contribution in [1.29, 1.82) is 0 Å². The highest BCUT2D eigenvalue weighted by atomic mass is 32.1. The molecule has 6 heteroatoms. The van der Waals surface area contributed by atoms with Crippen LogP contribution in [0, 0.1) is 5.92 Å². The van der Waals surface area contributed by atoms with E-state index in [1.807, 2.05) is 55.5 Å². The van der Waals surface area contributed by atoms with Crippen LogP contribution in [0.25, 0.3) is 10.2 Å². The van der Waals surface area contributed by atoms with Gasteiger partial charge in [0, 0.05) is 19.7 Å². The van der Waals surface area contributed by atoms with Crippen molar-refractivity contribution < 1.29 is 14.6 Å². The van der Waals surface area contributed by atoms with Crippen molar-refractivity contribution in [1.82, 2.24) is 9.88 Å². The van der Waals surface area contributed by atoms with Crippen molar-refractivity contribution in [3.8, 4) is 5.19 Å². The first-order chi connectivity index (χ1) is 13.8. The summed E-state index contributed by atoms with van der Waals surface area (Å²) in [5.41, 5.74) is 0.950. The number of aliphatic hydroxyl groups excluding tert-OH is 1. The molecule has 1 aliphatic heterocycles. The third kappa shape index (κ3) is 6.19. The topological polar surface area (TPSA) is 54.8 Å². The molecule has 1 atom stereocenters. The molecule has 0 radical (unpaired) electrons. The van der Waals surface area contributed by atoms with Crippen LogP contribution in [0.15, 0.2) is 60.6 Å². The Balaban J connectivity index is 1.47. The monoisotopic (exact) mass is 400 g/mol. The molecule has 0 bridgehead atoms. The van der Waals surface area contributed by atoms with Gasteiger partial charge >= 0.3 is 0 Å². The molecule has 2 aromatic rings. The molecular weight excluding hydrogens is 372 g/mol. The van der Waals surface area contributed by atoms with Crippen molar-refractivity contribution in [3.63, 3.8) is 0 Å². The lowest BCUT2D eigenvalue weighted by Crippen LogP contribution is -2.38. The number of benzene rings is 1. The zero-order chi connectivity index (χ0) is 19.6. The van der Waals surface area contributed by atoms with Gasteiger partial charge in [-0.1, -0.05) is 29.5 Å². The van der Waals surface area contributed by atoms with Crippen LogP contribution in [0.3, 0.4) is 0 Å². The number of para-hydroxylation sites is 1. The van der Waals surface area contributed by atoms with Crippen LogP contribution in [-0.2, 0) is 4.74 Å². The van der Waals surface area contributed by atoms with Crippen molar-refractivity contribution in [2.45, 2.75) is 19.8 Å². The molecule has 0 amide bonds. The van der Waals surface area contributed by atoms with E-state index >= 15 is 0 Å². The molecule has 0 saturated carbocycles. The van der Waals surface area contributed by atoms with Crippen molar-refractivity contribution in [3.05, 3.63) is 60.6 Å². The Hall–Kier alpha value is -2.15. The fourth-order valence-corrected chi connectivity index (χ4v) is 4.05. The summed E-state index contributed by atoms with van der Waals surface area (Å²) >= 11 is 1.52. The summed E-state index contributed by atoms with van der Waals surface area (Å²) in [6.45, 7) is 5.78. The third-order valence-corrected chi connectivity index (χ3v) is 5.58. The Bertz CT molecular complexity index is 795. The fourth-order valence-electron chi connectivity index (χ4n) is 3.25. The average Bonchev–Trinajstić information content (AvgIpc) is 3.14. The van der Waals surface area contributed by atoms with Crippen LogP contribution in [0.4, 0.5) is 0 Å². The van der Waals surface area contributed by atoms with Crippen LogP contribution in [0.5, 0.6) is 5.19 Å². The molecule has 1 aromatic carbocycles. The summed E-state index contributed by atoms with van der Waals surface area (Å²) in [5.74, 6) is 1.20. The first-order valence-electron chi connectivity index (χ1n) is 9.76. The number of likely N-dealkylation sites (tertiary alicyclic amines) is 1. The minimum absolute atomic E-state index is 0.278. The van der Waals surface area contributed by atoms with Gasteiger partial charge in [-0.05, 0) is 62.6 Å². The van der Waals surface area contributed by atoms with E-state index in [0.717, 1.165) is 48.5 Å². The molecule has 1 aromatic heterocycles. The zero-order valence-electron chi connectivity index (χ0n) is 16.3. The van der Waals surface area contributed by atoms with Crippen molar-refractivity contribution in [2.75, 3.05) is 32.8 Å². The number of nitrogens with zero attached hydrogens (tertiary/aromatic N) is 2. The molecule has 0 aliphatic carbocycles. The van der Waals surface area contributed by atoms with E-state index in [2.05, 4.69) is 9.88 Å². The molecule has 1 fully saturated rings. The van der Waals surface area contributed by atoms with E-state index in [0.29, 0.717) is 17.7 Å². The second kappa shape index (κ2) is 11.0. The van der Waals surface area contributed by atoms with Crippen LogP contribution >= 0.6 is 11.3 Å². The van der Waals surface area contributed by atoms with Gasteiger partial charge in [0.15, 0.2) is 0 Å². The highest BCUT2D eigenvalue weighted by molar-refractivity contribution is 7.20. The summed E-state index contributed by atoms with van der Waals surface area (Å²) in [4.78, 5) is 6.80. The molecule has 1 aliphatic rings. The van der Waals surface area contributed by atoms with Crippen LogP contribution in [0.2, 0.25) is 0 Å². The minimum atomic E-state index is 0.278. The van der Waals surface area contributed by atoms with Gasteiger partial charge in [-0.2, -0.15) is 0 Å². The van der Waals surface area contributed by atoms with Crippen LogP contribution in [-0.4, -0.2) is 47.8 Å². The van der Waals surface area contributed by atoms with Gasteiger partial charge in [-0.3, -0.25) is 4.90 Å². The Morgan fingerprint density at radius 2 is 2.29 bits per heavy atom. The lowest BCUT2D eigenvalue weighted by molar-refractivity contribution is 0.0960. The number of aromatic nitrogens is 1. The van der Waals surface area contributed by atoms with Gasteiger partial charge in [0.2, 0.25) is 0 Å². The first kappa shape index (κ1) is 20.6. The van der Waals surface area contributed by atoms with Crippen molar-refractivity contribution >= 4 is 21.6 Å². The largest absolute Gasteiger partial charge is 0.492 e. The van der Waals surface area contributed by atoms with Crippen LogP contribution < -0.4 is 4.74 Å². The third-order valence-electron chi connectivity index (χ3n) is 4.65. The zero-order valence-corrected chi connectivity index (χ0v) is 17.1. The maximum Gasteiger partial charge on any atom is 0.279 e. The first-order valence-corrected chi connectivity index (χ1v) is 10.6. The summed E-state index contributed by atoms with van der Waals surface area (Å²) in [5, 5.41) is 9.96. The maximum absolute atomic E-state index is 9.34. The summed E-state index contributed by atoms with van der Waals surface area (Å²) < 4.78 is 12.6. The highest BCUT2D eigenvalue weighted by Gasteiger charge is 2.18. The van der Waals surface area contributed by atoms with Crippen LogP contribution in [0.1, 0.15) is 19.8 Å². The van der Waals surface area contributed by atoms with Gasteiger partial charge in [-0.15, -0.1) is 0 Å². The molecule has 1 unspecified atom stereocenters. The van der Waals surface area contributed by atoms with E-state index < -0.39 is 0 Å². The van der Waals surface area contributed by atoms with Gasteiger partial charge in [0.05, 0.1) is 16.5 Å². The Labute approximate surface area is 170 Å². The predicted octanol–water partition coefficient (Wildman–Crippen LogP) is 4.37. The molecule has 5 nitrogen and oxygen atoms in total. The number of rotatable bonds is 9. The quantitative estimate of drug-likeness (QED) is 0.500. The smallest absolute Gasteiger partial charge is 0.279 e. The molecule has 1 saturated heterocycles. The standard InChI is InChI=1S/C22H28N2O3S/c1-2-7-19(26-15-13-24-12-5-8-18(16-24)17-25)9-6-14-27-22-23-20-10-3-4-11-21(20)28-22/h2-4,6-7,9-11,14,18,25H,5,8,12-13,15-17H2,1H3/b7-2-,14-6+,19-9+. The van der Waals surface area contributed by atoms with Gasteiger partial charge in [-0.25, -0.2) is 4.98 Å². The second-order valence-electron chi connectivity index (χ2n) is 6.80. The van der Waals surface area contributed by atoms with Crippen molar-refractivity contribution in [2.24, 2.45) is 5.92 Å². The molecule has 3 rings (SSSR count). The molecule has 1 N–H and O–H groups in total. The number of hydrogen-bond donors (Lipinski definition) is 1. The van der Waals surface area contributed by atoms with E-state index in [1.165, 1.54) is 11.3 Å². The van der Waals surface area contributed by atoms with Gasteiger partial charge in [0.1, 0.15) is 12.4 Å². The molecular formula is C22H28N2O3S. The lowest BCUT2D eigenvalue weighted by Gasteiger charge is -2.31. The SMILES string of the molecule is C\C=C/C(=C\C=C\Oc1nc2ccccc2s1)OCCN1CCCC(CO)C1. The number of allylic oxidation sites excluding steroid dienone is 4. The number of aliphatic hydroxyl groups is 1. The number of ether oxygens (including phenoxy) is 2. The molecule has 28 heavy (non-hydrogen) atoms. The van der Waals surface area contributed by atoms with E-state index in [4.69, 9.17) is 9.47 Å². The van der Waals surface area contributed by atoms with E-state index in [9.17, 15) is 5.11 Å². The summed E-state index contributed by atoms with van der Waals surface area (Å²) in [6, 6.07) is 7.98.